The molecule has 0 saturated carbocycles. The number of ketones is 1. The van der Waals surface area contributed by atoms with Gasteiger partial charge in [0.05, 0.1) is 17.1 Å². The number of benzene rings is 1. The lowest BCUT2D eigenvalue weighted by atomic mass is 10.1. The summed E-state index contributed by atoms with van der Waals surface area (Å²) in [6.45, 7) is 2.65. The second-order valence-corrected chi connectivity index (χ2v) is 4.16. The number of rotatable bonds is 4. The quantitative estimate of drug-likeness (QED) is 0.683. The van der Waals surface area contributed by atoms with Crippen molar-refractivity contribution in [2.45, 2.75) is 6.92 Å². The highest BCUT2D eigenvalue weighted by Gasteiger charge is 2.15. The number of hydrogen-bond acceptors (Lipinski definition) is 2. The molecule has 82 valence electrons. The summed E-state index contributed by atoms with van der Waals surface area (Å²) in [5, 5.41) is 2.78. The minimum Gasteiger partial charge on any atom is -0.310 e. The Morgan fingerprint density at radius 2 is 2.27 bits per heavy atom. The highest BCUT2D eigenvalue weighted by Crippen LogP contribution is 2.27. The van der Waals surface area contributed by atoms with Gasteiger partial charge < -0.3 is 5.32 Å². The van der Waals surface area contributed by atoms with Gasteiger partial charge in [-0.1, -0.05) is 18.5 Å². The van der Waals surface area contributed by atoms with Gasteiger partial charge in [-0.25, -0.2) is 4.39 Å². The van der Waals surface area contributed by atoms with Gasteiger partial charge in [0.25, 0.3) is 0 Å². The first-order chi connectivity index (χ1) is 7.07. The van der Waals surface area contributed by atoms with Crippen LogP contribution in [0.4, 0.5) is 4.39 Å². The summed E-state index contributed by atoms with van der Waals surface area (Å²) in [5.74, 6) is -0.974. The number of carbonyl (C=O) groups is 1. The molecule has 0 aliphatic rings. The Kier molecular flexibility index (Phi) is 4.70. The minimum atomic E-state index is -0.672. The molecule has 0 radical (unpaired) electrons. The zero-order chi connectivity index (χ0) is 11.4. The normalized spacial score (nSPS) is 10.4. The molecular formula is C10H10BrClFNO. The van der Waals surface area contributed by atoms with Crippen LogP contribution < -0.4 is 5.32 Å². The van der Waals surface area contributed by atoms with Gasteiger partial charge in [-0.3, -0.25) is 4.79 Å². The van der Waals surface area contributed by atoms with E-state index in [0.717, 1.165) is 0 Å². The molecule has 0 atom stereocenters. The van der Waals surface area contributed by atoms with Gasteiger partial charge in [0.15, 0.2) is 11.6 Å². The van der Waals surface area contributed by atoms with Crippen LogP contribution in [0.5, 0.6) is 0 Å². The van der Waals surface area contributed by atoms with Crippen molar-refractivity contribution in [2.24, 2.45) is 0 Å². The highest BCUT2D eigenvalue weighted by atomic mass is 79.9. The summed E-state index contributed by atoms with van der Waals surface area (Å²) in [6, 6.07) is 2.98. The Morgan fingerprint density at radius 3 is 2.87 bits per heavy atom. The maximum Gasteiger partial charge on any atom is 0.179 e. The molecule has 0 saturated heterocycles. The van der Waals surface area contributed by atoms with Gasteiger partial charge in [-0.2, -0.15) is 0 Å². The average molecular weight is 295 g/mol. The molecule has 0 amide bonds. The smallest absolute Gasteiger partial charge is 0.179 e. The molecule has 0 aliphatic carbocycles. The number of hydrogen-bond donors (Lipinski definition) is 1. The summed E-state index contributed by atoms with van der Waals surface area (Å²) >= 11 is 8.75. The molecule has 0 spiro atoms. The summed E-state index contributed by atoms with van der Waals surface area (Å²) in [5.41, 5.74) is 0.0177. The summed E-state index contributed by atoms with van der Waals surface area (Å²) in [4.78, 5) is 11.5. The molecule has 1 rings (SSSR count). The fourth-order valence-electron chi connectivity index (χ4n) is 1.08. The van der Waals surface area contributed by atoms with Gasteiger partial charge in [0.1, 0.15) is 0 Å². The van der Waals surface area contributed by atoms with Crippen molar-refractivity contribution in [1.29, 1.82) is 0 Å². The molecule has 2 nitrogen and oxygen atoms in total. The molecule has 0 heterocycles. The van der Waals surface area contributed by atoms with Crippen molar-refractivity contribution >= 4 is 33.3 Å². The van der Waals surface area contributed by atoms with E-state index in [9.17, 15) is 9.18 Å². The van der Waals surface area contributed by atoms with Crippen LogP contribution in [-0.4, -0.2) is 18.9 Å². The van der Waals surface area contributed by atoms with E-state index in [2.05, 4.69) is 21.2 Å². The largest absolute Gasteiger partial charge is 0.310 e. The molecule has 1 aromatic rings. The third kappa shape index (κ3) is 3.00. The first kappa shape index (κ1) is 12.6. The van der Waals surface area contributed by atoms with E-state index in [1.54, 1.807) is 6.07 Å². The van der Waals surface area contributed by atoms with E-state index in [4.69, 9.17) is 11.6 Å². The maximum absolute atomic E-state index is 13.5. The fraction of sp³-hybridized carbons (Fsp3) is 0.300. The number of halogens is 3. The predicted molar refractivity (Wildman–Crippen MR) is 62.0 cm³/mol. The lowest BCUT2D eigenvalue weighted by Gasteiger charge is -2.05. The minimum absolute atomic E-state index is 0.0177. The third-order valence-corrected chi connectivity index (χ3v) is 3.13. The molecule has 5 heteroatoms. The Hall–Kier alpha value is -0.450. The molecule has 0 aromatic heterocycles. The monoisotopic (exact) mass is 293 g/mol. The Morgan fingerprint density at radius 1 is 1.60 bits per heavy atom. The summed E-state index contributed by atoms with van der Waals surface area (Å²) in [7, 11) is 0. The number of likely N-dealkylation sites (N-methyl/N-ethyl adjacent to an activating group) is 1. The molecule has 0 fully saturated rings. The number of carbonyl (C=O) groups excluding carboxylic acids is 1. The van der Waals surface area contributed by atoms with E-state index >= 15 is 0 Å². The molecule has 1 N–H and O–H groups in total. The fourth-order valence-corrected chi connectivity index (χ4v) is 1.55. The van der Waals surface area contributed by atoms with Gasteiger partial charge in [0.2, 0.25) is 0 Å². The van der Waals surface area contributed by atoms with Gasteiger partial charge in [0, 0.05) is 4.47 Å². The maximum atomic E-state index is 13.5. The highest BCUT2D eigenvalue weighted by molar-refractivity contribution is 9.10. The number of nitrogens with one attached hydrogen (secondary N) is 1. The Balaban J connectivity index is 2.95. The molecule has 0 bridgehead atoms. The standard InChI is InChI=1S/C10H10BrClFNO/c1-2-14-5-8(15)6-3-4-7(11)9(12)10(6)13/h3-4,14H,2,5H2,1H3. The van der Waals surface area contributed by atoms with Crippen LogP contribution in [0.25, 0.3) is 0 Å². The van der Waals surface area contributed by atoms with Gasteiger partial charge in [-0.15, -0.1) is 0 Å². The molecule has 1 aromatic carbocycles. The van der Waals surface area contributed by atoms with Crippen LogP contribution >= 0.6 is 27.5 Å². The Labute approximate surface area is 101 Å². The van der Waals surface area contributed by atoms with Crippen molar-refractivity contribution in [3.05, 3.63) is 33.0 Å². The SMILES string of the molecule is CCNCC(=O)c1ccc(Br)c(Cl)c1F. The Bertz CT molecular complexity index is 384. The van der Waals surface area contributed by atoms with Crippen LogP contribution in [0.1, 0.15) is 17.3 Å². The average Bonchev–Trinajstić information content (AvgIpc) is 2.23. The first-order valence-corrected chi connectivity index (χ1v) is 5.62. The van der Waals surface area contributed by atoms with Crippen molar-refractivity contribution in [1.82, 2.24) is 5.32 Å². The number of Topliss-reactive ketones (excluding diaryl/α,β-unsaturated/α-hetero) is 1. The molecule has 15 heavy (non-hydrogen) atoms. The first-order valence-electron chi connectivity index (χ1n) is 4.45. The van der Waals surface area contributed by atoms with E-state index in [0.29, 0.717) is 11.0 Å². The van der Waals surface area contributed by atoms with Crippen molar-refractivity contribution < 1.29 is 9.18 Å². The third-order valence-electron chi connectivity index (χ3n) is 1.87. The van der Waals surface area contributed by atoms with Crippen LogP contribution in [0.2, 0.25) is 5.02 Å². The van der Waals surface area contributed by atoms with E-state index in [-0.39, 0.29) is 22.9 Å². The molecule has 0 aliphatic heterocycles. The zero-order valence-electron chi connectivity index (χ0n) is 8.11. The summed E-state index contributed by atoms with van der Waals surface area (Å²) in [6.07, 6.45) is 0. The van der Waals surface area contributed by atoms with Crippen molar-refractivity contribution in [3.8, 4) is 0 Å². The van der Waals surface area contributed by atoms with Crippen LogP contribution in [0.3, 0.4) is 0 Å². The van der Waals surface area contributed by atoms with E-state index in [1.165, 1.54) is 6.07 Å². The topological polar surface area (TPSA) is 29.1 Å². The lowest BCUT2D eigenvalue weighted by Crippen LogP contribution is -2.23. The zero-order valence-corrected chi connectivity index (χ0v) is 10.5. The molecular weight excluding hydrogens is 284 g/mol. The lowest BCUT2D eigenvalue weighted by molar-refractivity contribution is 0.0988. The van der Waals surface area contributed by atoms with Crippen LogP contribution in [0, 0.1) is 5.82 Å². The van der Waals surface area contributed by atoms with E-state index in [1.807, 2.05) is 6.92 Å². The van der Waals surface area contributed by atoms with Crippen molar-refractivity contribution in [3.63, 3.8) is 0 Å². The van der Waals surface area contributed by atoms with E-state index < -0.39 is 5.82 Å². The van der Waals surface area contributed by atoms with Gasteiger partial charge in [-0.05, 0) is 34.6 Å². The van der Waals surface area contributed by atoms with Crippen LogP contribution in [-0.2, 0) is 0 Å². The second-order valence-electron chi connectivity index (χ2n) is 2.93. The molecule has 0 unspecified atom stereocenters. The summed E-state index contributed by atoms with van der Waals surface area (Å²) < 4.78 is 14.0. The van der Waals surface area contributed by atoms with Crippen molar-refractivity contribution in [2.75, 3.05) is 13.1 Å². The predicted octanol–water partition coefficient (Wildman–Crippen LogP) is 3.03. The second kappa shape index (κ2) is 5.58. The van der Waals surface area contributed by atoms with Crippen LogP contribution in [0.15, 0.2) is 16.6 Å². The van der Waals surface area contributed by atoms with Gasteiger partial charge >= 0.3 is 0 Å².